The number of ketones is 1. The molecule has 246 valence electrons. The van der Waals surface area contributed by atoms with Gasteiger partial charge in [-0.1, -0.05) is 40.5 Å². The number of hydrogen-bond donors (Lipinski definition) is 2. The van der Waals surface area contributed by atoms with Gasteiger partial charge in [-0.2, -0.15) is 0 Å². The van der Waals surface area contributed by atoms with Crippen LogP contribution in [0, 0.1) is 29.1 Å². The number of Topliss-reactive ketones (excluding diaryl/α,β-unsaturated/α-hetero) is 1. The molecule has 1 aromatic carbocycles. The Kier molecular flexibility index (Phi) is 9.89. The first-order valence-corrected chi connectivity index (χ1v) is 16.7. The minimum absolute atomic E-state index is 0.0189. The molecule has 0 radical (unpaired) electrons. The van der Waals surface area contributed by atoms with Crippen LogP contribution in [0.1, 0.15) is 91.7 Å². The number of likely N-dealkylation sites (tertiary alicyclic amines) is 1. The van der Waals surface area contributed by atoms with E-state index in [0.717, 1.165) is 56.9 Å². The molecule has 4 fully saturated rings. The Morgan fingerprint density at radius 2 is 1.89 bits per heavy atom. The number of nitrogens with zero attached hydrogens (tertiary/aromatic N) is 2. The molecule has 1 aliphatic heterocycles. The number of aromatic nitrogens is 2. The smallest absolute Gasteiger partial charge is 0.408 e. The number of alkyl carbamates (subject to hydrolysis) is 1. The van der Waals surface area contributed by atoms with Gasteiger partial charge in [0.2, 0.25) is 5.91 Å². The van der Waals surface area contributed by atoms with E-state index in [1.165, 1.54) is 6.92 Å². The van der Waals surface area contributed by atoms with Gasteiger partial charge in [0.15, 0.2) is 5.78 Å². The Balaban J connectivity index is 1.14. The summed E-state index contributed by atoms with van der Waals surface area (Å²) in [5, 5.41) is 2.92. The van der Waals surface area contributed by atoms with Crippen LogP contribution in [0.3, 0.4) is 0 Å². The maximum atomic E-state index is 13.7. The number of unbranched alkanes of at least 4 members (excludes halogenated alkanes) is 2. The minimum atomic E-state index is -0.790. The van der Waals surface area contributed by atoms with Crippen LogP contribution in [0.5, 0.6) is 5.75 Å². The highest BCUT2D eigenvalue weighted by Gasteiger charge is 2.48. The number of aromatic amines is 1. The van der Waals surface area contributed by atoms with Gasteiger partial charge < -0.3 is 24.7 Å². The summed E-state index contributed by atoms with van der Waals surface area (Å²) in [7, 11) is 1.59. The zero-order valence-electron chi connectivity index (χ0n) is 27.7. The van der Waals surface area contributed by atoms with Crippen molar-refractivity contribution >= 4 is 28.8 Å². The lowest BCUT2D eigenvalue weighted by atomic mass is 9.59. The molecule has 3 saturated carbocycles. The average Bonchev–Trinajstić information content (AvgIpc) is 3.36. The predicted molar refractivity (Wildman–Crippen MR) is 172 cm³/mol. The van der Waals surface area contributed by atoms with E-state index >= 15 is 0 Å². The lowest BCUT2D eigenvalue weighted by Gasteiger charge is -2.50. The summed E-state index contributed by atoms with van der Waals surface area (Å²) in [6.07, 6.45) is 7.66. The summed E-state index contributed by atoms with van der Waals surface area (Å²) < 4.78 is 11.4. The zero-order chi connectivity index (χ0) is 32.5. The first-order chi connectivity index (χ1) is 21.3. The first-order valence-electron chi connectivity index (χ1n) is 16.7. The van der Waals surface area contributed by atoms with Crippen molar-refractivity contribution in [3.63, 3.8) is 0 Å². The number of nitrogens with one attached hydrogen (secondary N) is 2. The van der Waals surface area contributed by atoms with Gasteiger partial charge in [-0.3, -0.25) is 14.4 Å². The number of fused-ring (bicyclic) bond motifs is 3. The van der Waals surface area contributed by atoms with Gasteiger partial charge in [-0.25, -0.2) is 9.78 Å². The second kappa shape index (κ2) is 13.5. The third-order valence-corrected chi connectivity index (χ3v) is 10.3. The monoisotopic (exact) mass is 622 g/mol. The molecule has 6 rings (SSSR count). The molecule has 2 heterocycles. The Bertz CT molecular complexity index is 1460. The summed E-state index contributed by atoms with van der Waals surface area (Å²) >= 11 is 0. The fourth-order valence-corrected chi connectivity index (χ4v) is 7.85. The molecule has 2 unspecified atom stereocenters. The van der Waals surface area contributed by atoms with Gasteiger partial charge in [0.05, 0.1) is 24.2 Å². The second-order valence-electron chi connectivity index (χ2n) is 14.8. The molecule has 10 nitrogen and oxygen atoms in total. The fraction of sp³-hybridized carbons (Fsp3) is 0.686. The summed E-state index contributed by atoms with van der Waals surface area (Å²) in [6, 6.07) is 4.23. The molecule has 0 spiro atoms. The number of methoxy groups -OCH3 is 1. The van der Waals surface area contributed by atoms with E-state index < -0.39 is 23.6 Å². The van der Waals surface area contributed by atoms with Crippen LogP contribution in [0.25, 0.3) is 11.0 Å². The highest BCUT2D eigenvalue weighted by Crippen LogP contribution is 2.51. The molecule has 5 atom stereocenters. The molecule has 2 bridgehead atoms. The van der Waals surface area contributed by atoms with E-state index in [4.69, 9.17) is 9.47 Å². The first kappa shape index (κ1) is 32.9. The summed E-state index contributed by atoms with van der Waals surface area (Å²) in [5.74, 6) is 1.89. The number of aryl methyl sites for hydroxylation is 1. The van der Waals surface area contributed by atoms with Gasteiger partial charge in [0.25, 0.3) is 5.56 Å². The van der Waals surface area contributed by atoms with Crippen LogP contribution >= 0.6 is 0 Å². The maximum absolute atomic E-state index is 13.7. The normalized spacial score (nSPS) is 26.7. The third-order valence-electron chi connectivity index (χ3n) is 10.3. The van der Waals surface area contributed by atoms with Crippen molar-refractivity contribution in [3.8, 4) is 5.75 Å². The number of H-pyrrole nitrogens is 1. The van der Waals surface area contributed by atoms with Crippen LogP contribution < -0.4 is 15.6 Å². The molecule has 2 aromatic rings. The molecule has 3 aliphatic carbocycles. The van der Waals surface area contributed by atoms with Crippen LogP contribution in [0.2, 0.25) is 0 Å². The van der Waals surface area contributed by atoms with E-state index in [0.29, 0.717) is 41.8 Å². The van der Waals surface area contributed by atoms with E-state index in [1.807, 2.05) is 39.8 Å². The molecule has 2 amide bonds. The van der Waals surface area contributed by atoms with Crippen molar-refractivity contribution in [2.45, 2.75) is 111 Å². The van der Waals surface area contributed by atoms with Crippen LogP contribution in [-0.4, -0.2) is 64.5 Å². The highest BCUT2D eigenvalue weighted by atomic mass is 16.6. The Morgan fingerprint density at radius 1 is 1.13 bits per heavy atom. The predicted octanol–water partition coefficient (Wildman–Crippen LogP) is 5.42. The van der Waals surface area contributed by atoms with Crippen molar-refractivity contribution in [2.24, 2.45) is 29.1 Å². The molecular formula is C35H50N4O6. The van der Waals surface area contributed by atoms with Crippen molar-refractivity contribution in [2.75, 3.05) is 13.7 Å². The highest BCUT2D eigenvalue weighted by molar-refractivity contribution is 5.92. The summed E-state index contributed by atoms with van der Waals surface area (Å²) in [4.78, 5) is 61.2. The Hall–Kier alpha value is -3.43. The van der Waals surface area contributed by atoms with E-state index in [1.54, 1.807) is 18.1 Å². The van der Waals surface area contributed by atoms with Crippen molar-refractivity contribution in [1.29, 1.82) is 0 Å². The zero-order valence-corrected chi connectivity index (χ0v) is 27.7. The molecule has 45 heavy (non-hydrogen) atoms. The average molecular weight is 623 g/mol. The lowest BCUT2D eigenvalue weighted by Crippen LogP contribution is -2.58. The maximum Gasteiger partial charge on any atom is 0.408 e. The van der Waals surface area contributed by atoms with Crippen LogP contribution in [0.15, 0.2) is 23.0 Å². The molecule has 2 N–H and O–H groups in total. The molecule has 1 saturated heterocycles. The van der Waals surface area contributed by atoms with Crippen LogP contribution in [0.4, 0.5) is 4.79 Å². The molecule has 1 aromatic heterocycles. The topological polar surface area (TPSA) is 131 Å². The van der Waals surface area contributed by atoms with Crippen molar-refractivity contribution < 1.29 is 23.9 Å². The number of carbonyl (C=O) groups excluding carboxylic acids is 3. The largest absolute Gasteiger partial charge is 0.497 e. The van der Waals surface area contributed by atoms with Crippen molar-refractivity contribution in [1.82, 2.24) is 20.2 Å². The van der Waals surface area contributed by atoms with Gasteiger partial charge >= 0.3 is 6.09 Å². The summed E-state index contributed by atoms with van der Waals surface area (Å²) in [6.45, 7) is 9.83. The Morgan fingerprint density at radius 3 is 2.58 bits per heavy atom. The van der Waals surface area contributed by atoms with E-state index in [-0.39, 0.29) is 35.2 Å². The number of rotatable bonds is 11. The van der Waals surface area contributed by atoms with Crippen molar-refractivity contribution in [3.05, 3.63) is 34.2 Å². The molecule has 10 heteroatoms. The van der Waals surface area contributed by atoms with Gasteiger partial charge in [-0.05, 0) is 93.1 Å². The number of carbonyl (C=O) groups is 3. The van der Waals surface area contributed by atoms with Crippen LogP contribution in [-0.2, 0) is 20.7 Å². The van der Waals surface area contributed by atoms with Gasteiger partial charge in [0.1, 0.15) is 23.6 Å². The lowest BCUT2D eigenvalue weighted by molar-refractivity contribution is -0.141. The third kappa shape index (κ3) is 7.36. The number of amides is 2. The summed E-state index contributed by atoms with van der Waals surface area (Å²) in [5.41, 5.74) is 1.24. The SMILES string of the molecule is COc1ccc2nc(CCCCC[C@@H]3CC4CC(C4)C3OC(=O)N[C@H](C(=O)N3CCC(C)[C@H]3C(C)=O)C(C)(C)C)c(=O)[nH]c2c1. The molecular weight excluding hydrogens is 572 g/mol. The quantitative estimate of drug-likeness (QED) is 0.320. The van der Waals surface area contributed by atoms with Gasteiger partial charge in [0, 0.05) is 12.6 Å². The minimum Gasteiger partial charge on any atom is -0.497 e. The number of benzene rings is 1. The number of hydrogen-bond acceptors (Lipinski definition) is 7. The standard InChI is InChI=1S/C35H50N4O6/c1-20-14-15-39(29(20)21(2)40)33(42)31(35(3,4)5)38-34(43)45-30-23(16-22-17-24(30)18-22)10-8-7-9-11-27-32(41)37-28-19-25(44-6)12-13-26(28)36-27/h12-13,19-20,22-24,29-31H,7-11,14-18H2,1-6H3,(H,37,41)(H,38,43)/t20?,22?,23-,24?,29+,30?,31-/m1/s1. The van der Waals surface area contributed by atoms with E-state index in [2.05, 4.69) is 15.3 Å². The number of ether oxygens (including phenoxy) is 2. The second-order valence-corrected chi connectivity index (χ2v) is 14.8. The molecule has 4 aliphatic rings. The van der Waals surface area contributed by atoms with Gasteiger partial charge in [-0.15, -0.1) is 0 Å². The fourth-order valence-electron chi connectivity index (χ4n) is 7.85. The Labute approximate surface area is 266 Å². The van der Waals surface area contributed by atoms with E-state index in [9.17, 15) is 19.2 Å².